The minimum absolute atomic E-state index is 0.334. The summed E-state index contributed by atoms with van der Waals surface area (Å²) in [5.41, 5.74) is 0.406. The Morgan fingerprint density at radius 2 is 1.97 bits per heavy atom. The summed E-state index contributed by atoms with van der Waals surface area (Å²) in [4.78, 5) is 31.5. The summed E-state index contributed by atoms with van der Waals surface area (Å²) in [6, 6.07) is 5.12. The van der Waals surface area contributed by atoms with Crippen molar-refractivity contribution in [3.63, 3.8) is 0 Å². The molecule has 1 aliphatic rings. The molecule has 0 spiro atoms. The first kappa shape index (κ1) is 21.8. The Bertz CT molecular complexity index is 935. The van der Waals surface area contributed by atoms with Gasteiger partial charge in [-0.3, -0.25) is 4.79 Å². The van der Waals surface area contributed by atoms with Gasteiger partial charge >= 0.3 is 12.1 Å². The quantitative estimate of drug-likeness (QED) is 0.528. The molecule has 10 heteroatoms. The van der Waals surface area contributed by atoms with E-state index in [2.05, 4.69) is 4.98 Å². The fourth-order valence-corrected chi connectivity index (χ4v) is 3.56. The number of hydrogen-bond donors (Lipinski definition) is 0. The second kappa shape index (κ2) is 9.29. The van der Waals surface area contributed by atoms with E-state index in [1.54, 1.807) is 16.3 Å². The summed E-state index contributed by atoms with van der Waals surface area (Å²) in [5.74, 6) is -0.985. The minimum atomic E-state index is -4.40. The van der Waals surface area contributed by atoms with E-state index in [-0.39, 0.29) is 12.5 Å². The van der Waals surface area contributed by atoms with Crippen LogP contribution >= 0.6 is 11.3 Å². The molecular formula is C20H20F3N3O3S. The number of halogens is 3. The molecule has 2 heterocycles. The van der Waals surface area contributed by atoms with E-state index in [4.69, 9.17) is 4.74 Å². The van der Waals surface area contributed by atoms with Crippen molar-refractivity contribution in [3.05, 3.63) is 52.0 Å². The molecule has 0 aliphatic carbocycles. The minimum Gasteiger partial charge on any atom is -0.452 e. The maximum Gasteiger partial charge on any atom is 0.416 e. The van der Waals surface area contributed by atoms with Crippen LogP contribution in [-0.4, -0.2) is 54.5 Å². The Balaban J connectivity index is 1.46. The van der Waals surface area contributed by atoms with E-state index in [0.717, 1.165) is 17.1 Å². The number of carbonyl (C=O) groups excluding carboxylic acids is 2. The molecule has 0 N–H and O–H groups in total. The number of amides is 1. The molecule has 30 heavy (non-hydrogen) atoms. The van der Waals surface area contributed by atoms with Crippen LogP contribution in [0.5, 0.6) is 0 Å². The number of thiazole rings is 1. The normalized spacial score (nSPS) is 14.9. The standard InChI is InChI=1S/C20H20F3N3O3S/c1-14-24-16(13-30-14)5-6-19(28)29-12-18(27)26-9-7-25(8-10-26)17-4-2-3-15(11-17)20(21,22)23/h2-6,11,13H,7-10,12H2,1H3/b6-5+. The number of rotatable bonds is 5. The van der Waals surface area contributed by atoms with Crippen molar-refractivity contribution in [1.29, 1.82) is 0 Å². The summed E-state index contributed by atoms with van der Waals surface area (Å²) in [7, 11) is 0. The van der Waals surface area contributed by atoms with Gasteiger partial charge in [0.25, 0.3) is 5.91 Å². The number of carbonyl (C=O) groups is 2. The van der Waals surface area contributed by atoms with Gasteiger partial charge in [-0.25, -0.2) is 9.78 Å². The molecule has 1 aromatic carbocycles. The number of hydrogen-bond acceptors (Lipinski definition) is 6. The topological polar surface area (TPSA) is 62.7 Å². The number of aryl methyl sites for hydroxylation is 1. The number of benzene rings is 1. The lowest BCUT2D eigenvalue weighted by atomic mass is 10.1. The predicted molar refractivity (Wildman–Crippen MR) is 107 cm³/mol. The van der Waals surface area contributed by atoms with Gasteiger partial charge in [0.05, 0.1) is 16.3 Å². The SMILES string of the molecule is Cc1nc(/C=C/C(=O)OCC(=O)N2CCN(c3cccc(C(F)(F)F)c3)CC2)cs1. The molecular weight excluding hydrogens is 419 g/mol. The summed E-state index contributed by atoms with van der Waals surface area (Å²) in [6.45, 7) is 2.92. The molecule has 1 aromatic heterocycles. The molecule has 0 bridgehead atoms. The maximum atomic E-state index is 12.9. The number of ether oxygens (including phenoxy) is 1. The van der Waals surface area contributed by atoms with Crippen molar-refractivity contribution in [2.45, 2.75) is 13.1 Å². The molecule has 3 rings (SSSR count). The number of esters is 1. The van der Waals surface area contributed by atoms with Crippen LogP contribution in [0.3, 0.4) is 0 Å². The molecule has 6 nitrogen and oxygen atoms in total. The molecule has 1 amide bonds. The van der Waals surface area contributed by atoms with Gasteiger partial charge in [0.15, 0.2) is 6.61 Å². The maximum absolute atomic E-state index is 12.9. The van der Waals surface area contributed by atoms with Gasteiger partial charge in [0.1, 0.15) is 0 Å². The molecule has 1 saturated heterocycles. The van der Waals surface area contributed by atoms with Crippen molar-refractivity contribution < 1.29 is 27.5 Å². The molecule has 0 radical (unpaired) electrons. The van der Waals surface area contributed by atoms with Crippen LogP contribution in [0.4, 0.5) is 18.9 Å². The highest BCUT2D eigenvalue weighted by Crippen LogP contribution is 2.31. The number of alkyl halides is 3. The van der Waals surface area contributed by atoms with Gasteiger partial charge in [0.2, 0.25) is 0 Å². The zero-order valence-electron chi connectivity index (χ0n) is 16.2. The second-order valence-corrected chi connectivity index (χ2v) is 7.71. The summed E-state index contributed by atoms with van der Waals surface area (Å²) < 4.78 is 43.6. The molecule has 0 atom stereocenters. The number of anilines is 1. The average Bonchev–Trinajstić information content (AvgIpc) is 3.15. The summed E-state index contributed by atoms with van der Waals surface area (Å²) in [5, 5.41) is 2.68. The van der Waals surface area contributed by atoms with Crippen molar-refractivity contribution in [2.24, 2.45) is 0 Å². The molecule has 0 unspecified atom stereocenters. The van der Waals surface area contributed by atoms with Crippen molar-refractivity contribution in [1.82, 2.24) is 9.88 Å². The Labute approximate surface area is 175 Å². The smallest absolute Gasteiger partial charge is 0.416 e. The summed E-state index contributed by atoms with van der Waals surface area (Å²) >= 11 is 1.46. The highest BCUT2D eigenvalue weighted by atomic mass is 32.1. The van der Waals surface area contributed by atoms with Crippen LogP contribution < -0.4 is 4.90 Å². The van der Waals surface area contributed by atoms with Gasteiger partial charge < -0.3 is 14.5 Å². The highest BCUT2D eigenvalue weighted by molar-refractivity contribution is 7.09. The van der Waals surface area contributed by atoms with E-state index < -0.39 is 17.7 Å². The average molecular weight is 439 g/mol. The fraction of sp³-hybridized carbons (Fsp3) is 0.350. The van der Waals surface area contributed by atoms with Crippen LogP contribution in [-0.2, 0) is 20.5 Å². The van der Waals surface area contributed by atoms with Gasteiger partial charge in [-0.15, -0.1) is 11.3 Å². The van der Waals surface area contributed by atoms with Gasteiger partial charge in [-0.1, -0.05) is 6.07 Å². The van der Waals surface area contributed by atoms with Gasteiger partial charge in [-0.2, -0.15) is 13.2 Å². The van der Waals surface area contributed by atoms with Gasteiger partial charge in [-0.05, 0) is 31.2 Å². The number of aromatic nitrogens is 1. The zero-order valence-corrected chi connectivity index (χ0v) is 17.0. The van der Waals surface area contributed by atoms with Crippen molar-refractivity contribution >= 4 is 35.0 Å². The Morgan fingerprint density at radius 3 is 2.60 bits per heavy atom. The Morgan fingerprint density at radius 1 is 1.23 bits per heavy atom. The largest absolute Gasteiger partial charge is 0.452 e. The highest BCUT2D eigenvalue weighted by Gasteiger charge is 2.31. The first-order chi connectivity index (χ1) is 14.2. The third-order valence-electron chi connectivity index (χ3n) is 4.54. The van der Waals surface area contributed by atoms with E-state index in [9.17, 15) is 22.8 Å². The van der Waals surface area contributed by atoms with Crippen LogP contribution in [0.2, 0.25) is 0 Å². The van der Waals surface area contributed by atoms with E-state index >= 15 is 0 Å². The lowest BCUT2D eigenvalue weighted by Crippen LogP contribution is -2.49. The van der Waals surface area contributed by atoms with Crippen LogP contribution in [0.1, 0.15) is 16.3 Å². The van der Waals surface area contributed by atoms with Crippen LogP contribution in [0, 0.1) is 6.92 Å². The molecule has 1 fully saturated rings. The van der Waals surface area contributed by atoms with Gasteiger partial charge in [0, 0.05) is 43.3 Å². The molecule has 160 valence electrons. The second-order valence-electron chi connectivity index (χ2n) is 6.65. The Hall–Kier alpha value is -2.88. The third kappa shape index (κ3) is 5.82. The summed E-state index contributed by atoms with van der Waals surface area (Å²) in [6.07, 6.45) is -1.66. The van der Waals surface area contributed by atoms with Crippen LogP contribution in [0.25, 0.3) is 6.08 Å². The van der Waals surface area contributed by atoms with E-state index in [1.165, 1.54) is 34.5 Å². The zero-order chi connectivity index (χ0) is 21.7. The lowest BCUT2D eigenvalue weighted by Gasteiger charge is -2.36. The number of piperazine rings is 1. The van der Waals surface area contributed by atoms with Crippen molar-refractivity contribution in [2.75, 3.05) is 37.7 Å². The van der Waals surface area contributed by atoms with E-state index in [0.29, 0.717) is 37.6 Å². The molecule has 1 aliphatic heterocycles. The third-order valence-corrected chi connectivity index (χ3v) is 5.33. The molecule has 0 saturated carbocycles. The Kier molecular flexibility index (Phi) is 6.76. The molecule has 2 aromatic rings. The van der Waals surface area contributed by atoms with Crippen molar-refractivity contribution in [3.8, 4) is 0 Å². The van der Waals surface area contributed by atoms with E-state index in [1.807, 2.05) is 6.92 Å². The predicted octanol–water partition coefficient (Wildman–Crippen LogP) is 3.38. The fourth-order valence-electron chi connectivity index (χ4n) is 2.98. The lowest BCUT2D eigenvalue weighted by molar-refractivity contribution is -0.148. The first-order valence-electron chi connectivity index (χ1n) is 9.19. The van der Waals surface area contributed by atoms with Crippen LogP contribution in [0.15, 0.2) is 35.7 Å². The first-order valence-corrected chi connectivity index (χ1v) is 10.1. The number of nitrogens with zero attached hydrogens (tertiary/aromatic N) is 3. The monoisotopic (exact) mass is 439 g/mol.